The molecule has 7 heteroatoms. The first-order valence-corrected chi connectivity index (χ1v) is 6.36. The number of rotatable bonds is 4. The smallest absolute Gasteiger partial charge is 0.273 e. The van der Waals surface area contributed by atoms with Crippen molar-refractivity contribution in [2.75, 3.05) is 0 Å². The third-order valence-corrected chi connectivity index (χ3v) is 3.10. The number of para-hydroxylation sites is 1. The Morgan fingerprint density at radius 3 is 2.71 bits per heavy atom. The first-order chi connectivity index (χ1) is 9.90. The van der Waals surface area contributed by atoms with E-state index in [-0.39, 0.29) is 27.8 Å². The molecule has 0 fully saturated rings. The lowest BCUT2D eigenvalue weighted by molar-refractivity contribution is -0.384. The van der Waals surface area contributed by atoms with Gasteiger partial charge in [0.25, 0.3) is 5.69 Å². The summed E-state index contributed by atoms with van der Waals surface area (Å²) in [6, 6.07) is 7.69. The zero-order chi connectivity index (χ0) is 15.6. The summed E-state index contributed by atoms with van der Waals surface area (Å²) in [5.41, 5.74) is -0.0121. The van der Waals surface area contributed by atoms with Gasteiger partial charge in [0.2, 0.25) is 0 Å². The van der Waals surface area contributed by atoms with Gasteiger partial charge in [0, 0.05) is 11.6 Å². The molecule has 0 aliphatic carbocycles. The second kappa shape index (κ2) is 6.07. The van der Waals surface area contributed by atoms with Crippen LogP contribution >= 0.6 is 11.6 Å². The van der Waals surface area contributed by atoms with Gasteiger partial charge in [0.15, 0.2) is 17.3 Å². The monoisotopic (exact) mass is 311 g/mol. The van der Waals surface area contributed by atoms with E-state index < -0.39 is 16.8 Å². The molecule has 0 aliphatic rings. The first-order valence-electron chi connectivity index (χ1n) is 5.98. The summed E-state index contributed by atoms with van der Waals surface area (Å²) in [5, 5.41) is 20.5. The maximum Gasteiger partial charge on any atom is 0.273 e. The minimum Gasteiger partial charge on any atom is -0.452 e. The van der Waals surface area contributed by atoms with E-state index in [4.69, 9.17) is 16.3 Å². The molecule has 2 aromatic rings. The fourth-order valence-corrected chi connectivity index (χ4v) is 1.91. The highest BCUT2D eigenvalue weighted by Crippen LogP contribution is 2.37. The Hall–Kier alpha value is -2.18. The van der Waals surface area contributed by atoms with Gasteiger partial charge in [-0.3, -0.25) is 10.1 Å². The van der Waals surface area contributed by atoms with Crippen LogP contribution in [-0.4, -0.2) is 10.0 Å². The Bertz CT molecular complexity index is 691. The van der Waals surface area contributed by atoms with Gasteiger partial charge in [-0.15, -0.1) is 0 Å². The molecule has 2 aromatic carbocycles. The minimum atomic E-state index is -0.965. The number of ether oxygens (including phenoxy) is 1. The normalized spacial score (nSPS) is 12.0. The number of nitro benzene ring substituents is 1. The summed E-state index contributed by atoms with van der Waals surface area (Å²) in [4.78, 5) is 10.1. The van der Waals surface area contributed by atoms with Crippen molar-refractivity contribution in [1.29, 1.82) is 0 Å². The molecule has 1 atom stereocenters. The predicted molar refractivity (Wildman–Crippen MR) is 75.2 cm³/mol. The highest BCUT2D eigenvalue weighted by Gasteiger charge is 2.18. The van der Waals surface area contributed by atoms with E-state index in [9.17, 15) is 19.6 Å². The Morgan fingerprint density at radius 1 is 1.38 bits per heavy atom. The lowest BCUT2D eigenvalue weighted by atomic mass is 10.1. The van der Waals surface area contributed by atoms with Crippen LogP contribution in [0.3, 0.4) is 0 Å². The van der Waals surface area contributed by atoms with Crippen molar-refractivity contribution in [3.63, 3.8) is 0 Å². The standard InChI is InChI=1S/C14H11ClFNO4/c1-8(18)10-3-2-4-12(16)14(10)21-13-7-9(17(19)20)5-6-11(13)15/h2-8,18H,1H3/t8-/m1/s1. The van der Waals surface area contributed by atoms with Gasteiger partial charge in [-0.1, -0.05) is 23.7 Å². The van der Waals surface area contributed by atoms with Crippen molar-refractivity contribution in [1.82, 2.24) is 0 Å². The second-order valence-corrected chi connectivity index (χ2v) is 4.72. The highest BCUT2D eigenvalue weighted by molar-refractivity contribution is 6.32. The zero-order valence-electron chi connectivity index (χ0n) is 10.9. The lowest BCUT2D eigenvalue weighted by Gasteiger charge is -2.14. The number of benzene rings is 2. The van der Waals surface area contributed by atoms with Crippen molar-refractivity contribution in [3.8, 4) is 11.5 Å². The van der Waals surface area contributed by atoms with E-state index in [1.807, 2.05) is 0 Å². The Labute approximate surface area is 124 Å². The summed E-state index contributed by atoms with van der Waals surface area (Å²) in [5.74, 6) is -0.969. The Balaban J connectivity index is 2.47. The molecule has 1 N–H and O–H groups in total. The maximum absolute atomic E-state index is 13.9. The zero-order valence-corrected chi connectivity index (χ0v) is 11.7. The van der Waals surface area contributed by atoms with Crippen LogP contribution in [0.5, 0.6) is 11.5 Å². The van der Waals surface area contributed by atoms with E-state index in [0.29, 0.717) is 0 Å². The number of nitro groups is 1. The number of halogens is 2. The lowest BCUT2D eigenvalue weighted by Crippen LogP contribution is -1.99. The molecule has 0 radical (unpaired) electrons. The molecule has 110 valence electrons. The average Bonchev–Trinajstić information content (AvgIpc) is 2.42. The molecule has 0 heterocycles. The number of nitrogens with zero attached hydrogens (tertiary/aromatic N) is 1. The van der Waals surface area contributed by atoms with Crippen LogP contribution in [-0.2, 0) is 0 Å². The number of aliphatic hydroxyl groups is 1. The minimum absolute atomic E-state index is 0.0575. The van der Waals surface area contributed by atoms with Gasteiger partial charge >= 0.3 is 0 Å². The molecule has 21 heavy (non-hydrogen) atoms. The molecular weight excluding hydrogens is 301 g/mol. The molecule has 0 amide bonds. The molecule has 0 saturated heterocycles. The quantitative estimate of drug-likeness (QED) is 0.677. The molecule has 2 rings (SSSR count). The van der Waals surface area contributed by atoms with Crippen LogP contribution in [0.2, 0.25) is 5.02 Å². The summed E-state index contributed by atoms with van der Waals surface area (Å²) in [7, 11) is 0. The summed E-state index contributed by atoms with van der Waals surface area (Å²) in [6.45, 7) is 1.46. The first kappa shape index (κ1) is 15.2. The number of non-ortho nitro benzene ring substituents is 1. The van der Waals surface area contributed by atoms with Gasteiger partial charge in [-0.2, -0.15) is 0 Å². The van der Waals surface area contributed by atoms with E-state index in [0.717, 1.165) is 12.1 Å². The van der Waals surface area contributed by atoms with Gasteiger partial charge in [-0.25, -0.2) is 4.39 Å². The van der Waals surface area contributed by atoms with E-state index in [1.165, 1.54) is 31.2 Å². The van der Waals surface area contributed by atoms with Crippen LogP contribution in [0.1, 0.15) is 18.6 Å². The predicted octanol–water partition coefficient (Wildman–Crippen LogP) is 4.23. The Morgan fingerprint density at radius 2 is 2.10 bits per heavy atom. The molecule has 0 spiro atoms. The number of hydrogen-bond acceptors (Lipinski definition) is 4. The highest BCUT2D eigenvalue weighted by atomic mass is 35.5. The fourth-order valence-electron chi connectivity index (χ4n) is 1.76. The van der Waals surface area contributed by atoms with Crippen molar-refractivity contribution in [2.45, 2.75) is 13.0 Å². The van der Waals surface area contributed by atoms with Crippen LogP contribution in [0.4, 0.5) is 10.1 Å². The maximum atomic E-state index is 13.9. The van der Waals surface area contributed by atoms with Crippen LogP contribution in [0.25, 0.3) is 0 Å². The molecule has 5 nitrogen and oxygen atoms in total. The largest absolute Gasteiger partial charge is 0.452 e. The third kappa shape index (κ3) is 3.29. The van der Waals surface area contributed by atoms with Crippen LogP contribution in [0, 0.1) is 15.9 Å². The van der Waals surface area contributed by atoms with E-state index in [1.54, 1.807) is 0 Å². The second-order valence-electron chi connectivity index (χ2n) is 4.31. The molecule has 0 unspecified atom stereocenters. The molecule has 0 aromatic heterocycles. The number of hydrogen-bond donors (Lipinski definition) is 1. The summed E-state index contributed by atoms with van der Waals surface area (Å²) < 4.78 is 19.2. The van der Waals surface area contributed by atoms with E-state index >= 15 is 0 Å². The van der Waals surface area contributed by atoms with Gasteiger partial charge < -0.3 is 9.84 Å². The van der Waals surface area contributed by atoms with Crippen LogP contribution in [0.15, 0.2) is 36.4 Å². The summed E-state index contributed by atoms with van der Waals surface area (Å²) in [6.07, 6.45) is -0.965. The summed E-state index contributed by atoms with van der Waals surface area (Å²) >= 11 is 5.90. The van der Waals surface area contributed by atoms with Crippen molar-refractivity contribution in [2.24, 2.45) is 0 Å². The van der Waals surface area contributed by atoms with Crippen molar-refractivity contribution in [3.05, 3.63) is 62.9 Å². The van der Waals surface area contributed by atoms with Crippen LogP contribution < -0.4 is 4.74 Å². The molecule has 0 saturated carbocycles. The fraction of sp³-hybridized carbons (Fsp3) is 0.143. The van der Waals surface area contributed by atoms with Gasteiger partial charge in [0.05, 0.1) is 22.1 Å². The molecule has 0 aliphatic heterocycles. The third-order valence-electron chi connectivity index (χ3n) is 2.79. The van der Waals surface area contributed by atoms with Crippen molar-refractivity contribution >= 4 is 17.3 Å². The Kier molecular flexibility index (Phi) is 4.40. The van der Waals surface area contributed by atoms with E-state index in [2.05, 4.69) is 0 Å². The number of aliphatic hydroxyl groups excluding tert-OH is 1. The van der Waals surface area contributed by atoms with Crippen molar-refractivity contribution < 1.29 is 19.2 Å². The SMILES string of the molecule is C[C@@H](O)c1cccc(F)c1Oc1cc([N+](=O)[O-])ccc1Cl. The van der Waals surface area contributed by atoms with Gasteiger partial charge in [0.1, 0.15) is 0 Å². The molecular formula is C14H11ClFNO4. The van der Waals surface area contributed by atoms with Gasteiger partial charge in [-0.05, 0) is 19.1 Å². The topological polar surface area (TPSA) is 72.6 Å². The average molecular weight is 312 g/mol. The molecule has 0 bridgehead atoms.